The summed E-state index contributed by atoms with van der Waals surface area (Å²) in [6, 6.07) is 5.64. The number of nitrogens with zero attached hydrogens (tertiary/aromatic N) is 2. The second-order valence-electron chi connectivity index (χ2n) is 4.37. The fourth-order valence-corrected chi connectivity index (χ4v) is 3.04. The van der Waals surface area contributed by atoms with Crippen LogP contribution in [-0.4, -0.2) is 15.9 Å². The van der Waals surface area contributed by atoms with Crippen molar-refractivity contribution < 1.29 is 4.74 Å². The minimum absolute atomic E-state index is 0.423. The van der Waals surface area contributed by atoms with Gasteiger partial charge in [-0.05, 0) is 25.1 Å². The second-order valence-corrected chi connectivity index (χ2v) is 5.65. The van der Waals surface area contributed by atoms with Crippen LogP contribution in [-0.2, 0) is 13.0 Å². The number of ether oxygens (including phenoxy) is 1. The van der Waals surface area contributed by atoms with E-state index in [1.807, 2.05) is 40.4 Å². The Kier molecular flexibility index (Phi) is 3.91. The van der Waals surface area contributed by atoms with Crippen molar-refractivity contribution in [3.63, 3.8) is 0 Å². The number of rotatable bonds is 5. The average molecular weight is 308 g/mol. The summed E-state index contributed by atoms with van der Waals surface area (Å²) in [6.45, 7) is 0.965. The lowest BCUT2D eigenvalue weighted by molar-refractivity contribution is 0.299. The van der Waals surface area contributed by atoms with Gasteiger partial charge in [-0.1, -0.05) is 17.7 Å². The maximum Gasteiger partial charge on any atom is 0.193 e. The van der Waals surface area contributed by atoms with Gasteiger partial charge < -0.3 is 10.5 Å². The zero-order chi connectivity index (χ0) is 13.9. The monoisotopic (exact) mass is 307 g/mol. The highest BCUT2D eigenvalue weighted by Crippen LogP contribution is 2.27. The number of thiazole rings is 1. The molecule has 6 heteroatoms. The lowest BCUT2D eigenvalue weighted by Crippen LogP contribution is -2.06. The molecule has 0 radical (unpaired) electrons. The van der Waals surface area contributed by atoms with Crippen LogP contribution in [0.5, 0.6) is 5.75 Å². The maximum absolute atomic E-state index is 6.18. The van der Waals surface area contributed by atoms with E-state index < -0.39 is 0 Å². The highest BCUT2D eigenvalue weighted by Gasteiger charge is 2.09. The van der Waals surface area contributed by atoms with Crippen LogP contribution in [0.25, 0.3) is 4.96 Å². The summed E-state index contributed by atoms with van der Waals surface area (Å²) < 4.78 is 7.83. The molecule has 0 bridgehead atoms. The first-order chi connectivity index (χ1) is 9.78. The van der Waals surface area contributed by atoms with Gasteiger partial charge in [-0.2, -0.15) is 0 Å². The third-order valence-corrected chi connectivity index (χ3v) is 4.11. The molecule has 2 N–H and O–H groups in total. The molecule has 0 fully saturated rings. The molecule has 3 aromatic rings. The molecule has 0 amide bonds. The Balaban J connectivity index is 1.77. The summed E-state index contributed by atoms with van der Waals surface area (Å²) in [5.41, 5.74) is 7.47. The van der Waals surface area contributed by atoms with E-state index in [2.05, 4.69) is 4.98 Å². The van der Waals surface area contributed by atoms with E-state index in [9.17, 15) is 0 Å². The molecule has 0 saturated heterocycles. The molecule has 0 aliphatic carbocycles. The smallest absolute Gasteiger partial charge is 0.193 e. The van der Waals surface area contributed by atoms with Crippen molar-refractivity contribution in [2.45, 2.75) is 13.0 Å². The van der Waals surface area contributed by atoms with Crippen molar-refractivity contribution in [3.8, 4) is 5.75 Å². The van der Waals surface area contributed by atoms with Gasteiger partial charge in [0.25, 0.3) is 0 Å². The number of imidazole rings is 1. The molecule has 3 rings (SSSR count). The van der Waals surface area contributed by atoms with Crippen LogP contribution in [0.3, 0.4) is 0 Å². The third kappa shape index (κ3) is 2.65. The van der Waals surface area contributed by atoms with Crippen LogP contribution in [0.4, 0.5) is 0 Å². The molecule has 104 valence electrons. The van der Waals surface area contributed by atoms with Gasteiger partial charge in [0.05, 0.1) is 5.69 Å². The van der Waals surface area contributed by atoms with Gasteiger partial charge in [-0.15, -0.1) is 11.3 Å². The Morgan fingerprint density at radius 1 is 1.40 bits per heavy atom. The fourth-order valence-electron chi connectivity index (χ4n) is 2.06. The summed E-state index contributed by atoms with van der Waals surface area (Å²) in [7, 11) is 0. The van der Waals surface area contributed by atoms with Crippen molar-refractivity contribution in [2.75, 3.05) is 6.54 Å². The molecule has 2 aromatic heterocycles. The highest BCUT2D eigenvalue weighted by atomic mass is 35.5. The quantitative estimate of drug-likeness (QED) is 0.788. The number of fused-ring (bicyclic) bond motifs is 1. The van der Waals surface area contributed by atoms with Gasteiger partial charge in [0.2, 0.25) is 0 Å². The Labute approximate surface area is 125 Å². The van der Waals surface area contributed by atoms with Crippen molar-refractivity contribution in [3.05, 3.63) is 52.3 Å². The first-order valence-corrected chi connectivity index (χ1v) is 7.55. The fraction of sp³-hybridized carbons (Fsp3) is 0.214. The van der Waals surface area contributed by atoms with E-state index in [4.69, 9.17) is 22.1 Å². The molecule has 1 aromatic carbocycles. The lowest BCUT2D eigenvalue weighted by atomic mass is 10.1. The van der Waals surface area contributed by atoms with Gasteiger partial charge in [0, 0.05) is 28.4 Å². The van der Waals surface area contributed by atoms with Crippen LogP contribution >= 0.6 is 22.9 Å². The minimum Gasteiger partial charge on any atom is -0.487 e. The molecule has 0 spiro atoms. The Morgan fingerprint density at radius 3 is 3.10 bits per heavy atom. The summed E-state index contributed by atoms with van der Waals surface area (Å²) in [5.74, 6) is 0.777. The van der Waals surface area contributed by atoms with E-state index >= 15 is 0 Å². The zero-order valence-corrected chi connectivity index (χ0v) is 12.3. The molecule has 4 nitrogen and oxygen atoms in total. The lowest BCUT2D eigenvalue weighted by Gasteiger charge is -2.11. The normalized spacial score (nSPS) is 11.1. The molecule has 2 heterocycles. The number of hydrogen-bond acceptors (Lipinski definition) is 4. The third-order valence-electron chi connectivity index (χ3n) is 2.99. The summed E-state index contributed by atoms with van der Waals surface area (Å²) in [4.78, 5) is 5.45. The zero-order valence-electron chi connectivity index (χ0n) is 10.8. The van der Waals surface area contributed by atoms with E-state index in [0.29, 0.717) is 24.6 Å². The molecule has 0 atom stereocenters. The Morgan fingerprint density at radius 2 is 2.30 bits per heavy atom. The van der Waals surface area contributed by atoms with E-state index in [-0.39, 0.29) is 0 Å². The van der Waals surface area contributed by atoms with Gasteiger partial charge in [0.15, 0.2) is 4.96 Å². The summed E-state index contributed by atoms with van der Waals surface area (Å²) in [5, 5.41) is 2.70. The van der Waals surface area contributed by atoms with Gasteiger partial charge >= 0.3 is 0 Å². The van der Waals surface area contributed by atoms with Gasteiger partial charge in [0.1, 0.15) is 12.4 Å². The summed E-state index contributed by atoms with van der Waals surface area (Å²) >= 11 is 7.79. The maximum atomic E-state index is 6.18. The van der Waals surface area contributed by atoms with Crippen LogP contribution in [0.2, 0.25) is 5.02 Å². The average Bonchev–Trinajstić information content (AvgIpc) is 3.00. The van der Waals surface area contributed by atoms with Crippen LogP contribution < -0.4 is 10.5 Å². The number of hydrogen-bond donors (Lipinski definition) is 1. The Hall–Kier alpha value is -1.56. The number of benzene rings is 1. The first kappa shape index (κ1) is 13.4. The molecule has 0 aliphatic rings. The molecular formula is C14H14ClN3OS. The molecule has 0 unspecified atom stereocenters. The van der Waals surface area contributed by atoms with E-state index in [1.54, 1.807) is 11.3 Å². The topological polar surface area (TPSA) is 52.5 Å². The SMILES string of the molecule is NCCc1c(Cl)cccc1OCc1cn2ccsc2n1. The molecule has 20 heavy (non-hydrogen) atoms. The van der Waals surface area contributed by atoms with Crippen LogP contribution in [0, 0.1) is 0 Å². The van der Waals surface area contributed by atoms with Crippen molar-refractivity contribution in [1.29, 1.82) is 0 Å². The number of nitrogens with two attached hydrogens (primary N) is 1. The largest absolute Gasteiger partial charge is 0.487 e. The van der Waals surface area contributed by atoms with Crippen LogP contribution in [0.1, 0.15) is 11.3 Å². The van der Waals surface area contributed by atoms with E-state index in [0.717, 1.165) is 22.0 Å². The Bertz CT molecular complexity index is 694. The predicted octanol–water partition coefficient (Wildman–Crippen LogP) is 3.13. The van der Waals surface area contributed by atoms with Crippen molar-refractivity contribution in [1.82, 2.24) is 9.38 Å². The standard InChI is InChI=1S/C14H14ClN3OS/c15-12-2-1-3-13(11(12)4-5-16)19-9-10-8-18-6-7-20-14(18)17-10/h1-3,6-8H,4-5,9,16H2. The number of halogens is 1. The predicted molar refractivity (Wildman–Crippen MR) is 81.6 cm³/mol. The molecule has 0 saturated carbocycles. The second kappa shape index (κ2) is 5.83. The van der Waals surface area contributed by atoms with Gasteiger partial charge in [-0.25, -0.2) is 4.98 Å². The van der Waals surface area contributed by atoms with Crippen molar-refractivity contribution >= 4 is 27.9 Å². The van der Waals surface area contributed by atoms with Gasteiger partial charge in [-0.3, -0.25) is 4.40 Å². The van der Waals surface area contributed by atoms with E-state index in [1.165, 1.54) is 0 Å². The summed E-state index contributed by atoms with van der Waals surface area (Å²) in [6.07, 6.45) is 4.65. The highest BCUT2D eigenvalue weighted by molar-refractivity contribution is 7.15. The number of aromatic nitrogens is 2. The van der Waals surface area contributed by atoms with Crippen LogP contribution in [0.15, 0.2) is 36.0 Å². The molecule has 0 aliphatic heterocycles. The minimum atomic E-state index is 0.423. The first-order valence-electron chi connectivity index (χ1n) is 6.29. The van der Waals surface area contributed by atoms with Crippen molar-refractivity contribution in [2.24, 2.45) is 5.73 Å². The molecular weight excluding hydrogens is 294 g/mol.